The molecule has 29 heavy (non-hydrogen) atoms. The maximum atomic E-state index is 12.9. The number of carbonyl (C=O) groups is 2. The van der Waals surface area contributed by atoms with Crippen molar-refractivity contribution in [2.45, 2.75) is 19.3 Å². The molecule has 0 aliphatic rings. The highest BCUT2D eigenvalue weighted by molar-refractivity contribution is 6.34. The van der Waals surface area contributed by atoms with E-state index in [1.54, 1.807) is 54.4 Å². The summed E-state index contributed by atoms with van der Waals surface area (Å²) >= 11 is 6.14. The molecule has 0 spiro atoms. The van der Waals surface area contributed by atoms with Gasteiger partial charge in [-0.2, -0.15) is 0 Å². The average molecular weight is 407 g/mol. The van der Waals surface area contributed by atoms with Crippen LogP contribution in [0, 0.1) is 0 Å². The topological polar surface area (TPSA) is 49.4 Å². The van der Waals surface area contributed by atoms with Crippen LogP contribution in [0.4, 0.5) is 11.4 Å². The van der Waals surface area contributed by atoms with Crippen LogP contribution >= 0.6 is 11.6 Å². The lowest BCUT2D eigenvalue weighted by molar-refractivity contribution is -0.118. The molecule has 0 fully saturated rings. The van der Waals surface area contributed by atoms with Crippen LogP contribution in [0.5, 0.6) is 0 Å². The molecule has 0 aliphatic carbocycles. The van der Waals surface area contributed by atoms with Gasteiger partial charge in [0, 0.05) is 13.5 Å². The van der Waals surface area contributed by atoms with Crippen LogP contribution in [-0.4, -0.2) is 18.9 Å². The van der Waals surface area contributed by atoms with Crippen molar-refractivity contribution in [2.75, 3.05) is 17.3 Å². The van der Waals surface area contributed by atoms with Crippen molar-refractivity contribution >= 4 is 34.8 Å². The maximum absolute atomic E-state index is 12.9. The van der Waals surface area contributed by atoms with Crippen LogP contribution in [-0.2, 0) is 4.79 Å². The van der Waals surface area contributed by atoms with Gasteiger partial charge < -0.3 is 10.2 Å². The minimum atomic E-state index is -0.315. The molecule has 3 rings (SSSR count). The average Bonchev–Trinajstić information content (AvgIpc) is 2.75. The highest BCUT2D eigenvalue weighted by Crippen LogP contribution is 2.26. The van der Waals surface area contributed by atoms with Crippen LogP contribution in [0.2, 0.25) is 5.02 Å². The van der Waals surface area contributed by atoms with Gasteiger partial charge in [-0.15, -0.1) is 0 Å². The van der Waals surface area contributed by atoms with Crippen molar-refractivity contribution in [3.8, 4) is 0 Å². The van der Waals surface area contributed by atoms with E-state index in [4.69, 9.17) is 11.6 Å². The van der Waals surface area contributed by atoms with Crippen molar-refractivity contribution in [3.05, 3.63) is 95.0 Å². The molecule has 1 atom stereocenters. The standard InChI is InChI=1S/C24H23ClN2O2/c1-17(18-10-4-3-5-11-18)16-23(28)27(2)22-15-9-6-12-19(22)24(29)26-21-14-8-7-13-20(21)25/h3-15,17H,16H2,1-2H3,(H,26,29). The Morgan fingerprint density at radius 1 is 0.931 bits per heavy atom. The summed E-state index contributed by atoms with van der Waals surface area (Å²) in [6.45, 7) is 2.02. The summed E-state index contributed by atoms with van der Waals surface area (Å²) in [4.78, 5) is 27.3. The van der Waals surface area contributed by atoms with E-state index in [0.29, 0.717) is 28.4 Å². The lowest BCUT2D eigenvalue weighted by atomic mass is 9.97. The number of carbonyl (C=O) groups excluding carboxylic acids is 2. The Balaban J connectivity index is 1.77. The van der Waals surface area contributed by atoms with Gasteiger partial charge in [-0.05, 0) is 35.7 Å². The summed E-state index contributed by atoms with van der Waals surface area (Å²) in [5.41, 5.74) is 2.61. The second kappa shape index (κ2) is 9.39. The fourth-order valence-electron chi connectivity index (χ4n) is 3.14. The number of hydrogen-bond donors (Lipinski definition) is 1. The van der Waals surface area contributed by atoms with Crippen molar-refractivity contribution in [2.24, 2.45) is 0 Å². The molecule has 0 heterocycles. The van der Waals surface area contributed by atoms with E-state index in [-0.39, 0.29) is 17.7 Å². The third kappa shape index (κ3) is 5.04. The zero-order chi connectivity index (χ0) is 20.8. The molecule has 2 amide bonds. The van der Waals surface area contributed by atoms with Gasteiger partial charge in [0.1, 0.15) is 0 Å². The van der Waals surface area contributed by atoms with Crippen LogP contribution in [0.1, 0.15) is 35.2 Å². The number of halogens is 1. The SMILES string of the molecule is CC(CC(=O)N(C)c1ccccc1C(=O)Nc1ccccc1Cl)c1ccccc1. The molecule has 1 N–H and O–H groups in total. The van der Waals surface area contributed by atoms with Crippen LogP contribution in [0.25, 0.3) is 0 Å². The van der Waals surface area contributed by atoms with E-state index in [1.165, 1.54) is 0 Å². The minimum Gasteiger partial charge on any atom is -0.321 e. The fourth-order valence-corrected chi connectivity index (χ4v) is 3.33. The quantitative estimate of drug-likeness (QED) is 0.566. The first-order valence-corrected chi connectivity index (χ1v) is 9.81. The van der Waals surface area contributed by atoms with E-state index in [1.807, 2.05) is 43.3 Å². The molecule has 4 nitrogen and oxygen atoms in total. The molecule has 0 aliphatic heterocycles. The fraction of sp³-hybridized carbons (Fsp3) is 0.167. The Kier molecular flexibility index (Phi) is 6.68. The first kappa shape index (κ1) is 20.6. The number of benzene rings is 3. The molecule has 5 heteroatoms. The zero-order valence-electron chi connectivity index (χ0n) is 16.4. The van der Waals surface area contributed by atoms with Gasteiger partial charge in [0.2, 0.25) is 5.91 Å². The molecule has 3 aromatic carbocycles. The van der Waals surface area contributed by atoms with Crippen molar-refractivity contribution < 1.29 is 9.59 Å². The number of rotatable bonds is 6. The Bertz CT molecular complexity index is 1000. The molecule has 0 saturated heterocycles. The Labute approximate surface area is 176 Å². The number of nitrogens with zero attached hydrogens (tertiary/aromatic N) is 1. The zero-order valence-corrected chi connectivity index (χ0v) is 17.2. The predicted molar refractivity (Wildman–Crippen MR) is 119 cm³/mol. The summed E-state index contributed by atoms with van der Waals surface area (Å²) in [6, 6.07) is 24.0. The van der Waals surface area contributed by atoms with E-state index in [0.717, 1.165) is 5.56 Å². The van der Waals surface area contributed by atoms with E-state index < -0.39 is 0 Å². The van der Waals surface area contributed by atoms with Gasteiger partial charge in [0.05, 0.1) is 22.0 Å². The van der Waals surface area contributed by atoms with Gasteiger partial charge in [-0.25, -0.2) is 0 Å². The Morgan fingerprint density at radius 3 is 2.28 bits per heavy atom. The van der Waals surface area contributed by atoms with Gasteiger partial charge in [-0.3, -0.25) is 9.59 Å². The highest BCUT2D eigenvalue weighted by Gasteiger charge is 2.21. The molecular formula is C24H23ClN2O2. The second-order valence-corrected chi connectivity index (χ2v) is 7.33. The smallest absolute Gasteiger partial charge is 0.257 e. The molecule has 0 bridgehead atoms. The molecule has 148 valence electrons. The van der Waals surface area contributed by atoms with Gasteiger partial charge in [0.25, 0.3) is 5.91 Å². The van der Waals surface area contributed by atoms with Gasteiger partial charge >= 0.3 is 0 Å². The molecule has 1 unspecified atom stereocenters. The highest BCUT2D eigenvalue weighted by atomic mass is 35.5. The molecule has 0 aromatic heterocycles. The van der Waals surface area contributed by atoms with Gasteiger partial charge in [-0.1, -0.05) is 73.1 Å². The Hall–Kier alpha value is -3.11. The van der Waals surface area contributed by atoms with Gasteiger partial charge in [0.15, 0.2) is 0 Å². The predicted octanol–water partition coefficient (Wildman–Crippen LogP) is 5.75. The second-order valence-electron chi connectivity index (χ2n) is 6.92. The first-order chi connectivity index (χ1) is 14.0. The maximum Gasteiger partial charge on any atom is 0.257 e. The number of nitrogens with one attached hydrogen (secondary N) is 1. The number of anilines is 2. The van der Waals surface area contributed by atoms with E-state index in [9.17, 15) is 9.59 Å². The van der Waals surface area contributed by atoms with E-state index >= 15 is 0 Å². The van der Waals surface area contributed by atoms with Crippen LogP contribution in [0.3, 0.4) is 0 Å². The van der Waals surface area contributed by atoms with E-state index in [2.05, 4.69) is 5.32 Å². The molecular weight excluding hydrogens is 384 g/mol. The monoisotopic (exact) mass is 406 g/mol. The summed E-state index contributed by atoms with van der Waals surface area (Å²) in [6.07, 6.45) is 0.348. The normalized spacial score (nSPS) is 11.6. The molecule has 0 saturated carbocycles. The van der Waals surface area contributed by atoms with Crippen molar-refractivity contribution in [1.82, 2.24) is 0 Å². The minimum absolute atomic E-state index is 0.0562. The molecule has 3 aromatic rings. The Morgan fingerprint density at radius 2 is 1.55 bits per heavy atom. The summed E-state index contributed by atoms with van der Waals surface area (Å²) in [5.74, 6) is -0.293. The number of hydrogen-bond acceptors (Lipinski definition) is 2. The van der Waals surface area contributed by atoms with Crippen molar-refractivity contribution in [1.29, 1.82) is 0 Å². The largest absolute Gasteiger partial charge is 0.321 e. The summed E-state index contributed by atoms with van der Waals surface area (Å²) in [5, 5.41) is 3.28. The third-order valence-electron chi connectivity index (χ3n) is 4.86. The summed E-state index contributed by atoms with van der Waals surface area (Å²) < 4.78 is 0. The third-order valence-corrected chi connectivity index (χ3v) is 5.19. The first-order valence-electron chi connectivity index (χ1n) is 9.43. The number of amides is 2. The van der Waals surface area contributed by atoms with Crippen LogP contribution in [0.15, 0.2) is 78.9 Å². The van der Waals surface area contributed by atoms with Crippen molar-refractivity contribution in [3.63, 3.8) is 0 Å². The number of para-hydroxylation sites is 2. The lowest BCUT2D eigenvalue weighted by Crippen LogP contribution is -2.29. The van der Waals surface area contributed by atoms with Crippen LogP contribution < -0.4 is 10.2 Å². The molecule has 0 radical (unpaired) electrons. The lowest BCUT2D eigenvalue weighted by Gasteiger charge is -2.22. The summed E-state index contributed by atoms with van der Waals surface area (Å²) in [7, 11) is 1.70.